The Bertz CT molecular complexity index is 923. The number of ether oxygens (including phenoxy) is 1. The van der Waals surface area contributed by atoms with Crippen molar-refractivity contribution in [3.05, 3.63) is 59.8 Å². The van der Waals surface area contributed by atoms with Crippen LogP contribution in [0.3, 0.4) is 0 Å². The van der Waals surface area contributed by atoms with Gasteiger partial charge in [0.25, 0.3) is 11.8 Å². The highest BCUT2D eigenvalue weighted by Crippen LogP contribution is 2.11. The van der Waals surface area contributed by atoms with Crippen molar-refractivity contribution in [3.8, 4) is 5.75 Å². The number of amides is 2. The fourth-order valence-electron chi connectivity index (χ4n) is 2.12. The third kappa shape index (κ3) is 3.71. The van der Waals surface area contributed by atoms with Crippen LogP contribution < -0.4 is 15.6 Å². The van der Waals surface area contributed by atoms with Gasteiger partial charge in [-0.15, -0.1) is 0 Å². The molecular weight excluding hydrogens is 329 g/mol. The van der Waals surface area contributed by atoms with Crippen LogP contribution in [0, 0.1) is 12.7 Å². The van der Waals surface area contributed by atoms with Gasteiger partial charge in [-0.2, -0.15) is 5.10 Å². The van der Waals surface area contributed by atoms with E-state index in [2.05, 4.69) is 20.9 Å². The number of nitrogens with zero attached hydrogens (tertiary/aromatic N) is 3. The van der Waals surface area contributed by atoms with Crippen molar-refractivity contribution in [3.63, 3.8) is 0 Å². The Morgan fingerprint density at radius 3 is 2.72 bits per heavy atom. The maximum absolute atomic E-state index is 12.8. The normalized spacial score (nSPS) is 10.5. The van der Waals surface area contributed by atoms with Gasteiger partial charge in [0.15, 0.2) is 12.3 Å². The molecule has 3 rings (SSSR count). The fourth-order valence-corrected chi connectivity index (χ4v) is 2.12. The molecule has 0 aliphatic carbocycles. The number of aromatic nitrogens is 3. The smallest absolute Gasteiger partial charge is 0.276 e. The maximum Gasteiger partial charge on any atom is 0.276 e. The second-order valence-corrected chi connectivity index (χ2v) is 5.10. The van der Waals surface area contributed by atoms with Crippen molar-refractivity contribution in [1.82, 2.24) is 25.4 Å². The number of carbonyl (C=O) groups is 2. The number of fused-ring (bicyclic) bond motifs is 1. The Kier molecular flexibility index (Phi) is 4.55. The summed E-state index contributed by atoms with van der Waals surface area (Å²) in [5, 5.41) is 4.07. The highest BCUT2D eigenvalue weighted by molar-refractivity contribution is 5.96. The summed E-state index contributed by atoms with van der Waals surface area (Å²) in [4.78, 5) is 28.0. The van der Waals surface area contributed by atoms with Gasteiger partial charge in [0, 0.05) is 12.3 Å². The Labute approximate surface area is 141 Å². The minimum absolute atomic E-state index is 0.274. The molecule has 128 valence electrons. The molecule has 0 bridgehead atoms. The van der Waals surface area contributed by atoms with Crippen LogP contribution >= 0.6 is 0 Å². The first-order valence-electron chi connectivity index (χ1n) is 7.31. The van der Waals surface area contributed by atoms with Crippen LogP contribution in [0.2, 0.25) is 0 Å². The lowest BCUT2D eigenvalue weighted by molar-refractivity contribution is -0.123. The molecular formula is C16H14FN5O3. The van der Waals surface area contributed by atoms with Gasteiger partial charge >= 0.3 is 0 Å². The molecule has 0 fully saturated rings. The predicted octanol–water partition coefficient (Wildman–Crippen LogP) is 1.02. The molecule has 25 heavy (non-hydrogen) atoms. The summed E-state index contributed by atoms with van der Waals surface area (Å²) in [6.07, 6.45) is 2.98. The average Bonchev–Trinajstić information content (AvgIpc) is 3.09. The maximum atomic E-state index is 12.8. The molecule has 0 spiro atoms. The van der Waals surface area contributed by atoms with E-state index in [-0.39, 0.29) is 12.2 Å². The number of hydrogen-bond acceptors (Lipinski definition) is 5. The molecule has 2 heterocycles. The molecule has 2 aromatic heterocycles. The summed E-state index contributed by atoms with van der Waals surface area (Å²) in [5.41, 5.74) is 6.00. The quantitative estimate of drug-likeness (QED) is 0.689. The molecule has 0 saturated carbocycles. The van der Waals surface area contributed by atoms with Crippen LogP contribution in [-0.4, -0.2) is 33.0 Å². The van der Waals surface area contributed by atoms with Crippen molar-refractivity contribution in [2.75, 3.05) is 6.61 Å². The van der Waals surface area contributed by atoms with Gasteiger partial charge in [-0.3, -0.25) is 20.4 Å². The Hall–Kier alpha value is -3.49. The van der Waals surface area contributed by atoms with Crippen molar-refractivity contribution in [2.24, 2.45) is 0 Å². The summed E-state index contributed by atoms with van der Waals surface area (Å²) in [6.45, 7) is 1.39. The minimum Gasteiger partial charge on any atom is -0.484 e. The van der Waals surface area contributed by atoms with Gasteiger partial charge in [0.05, 0.1) is 17.5 Å². The van der Waals surface area contributed by atoms with E-state index in [0.717, 1.165) is 0 Å². The molecule has 0 atom stereocenters. The standard InChI is InChI=1S/C16H14FN5O3/c1-10-13(8-18-14-6-7-19-22(10)14)16(24)21-20-15(23)9-25-12-4-2-11(17)3-5-12/h2-8H,9H2,1H3,(H,20,23)(H,21,24). The first-order chi connectivity index (χ1) is 12.0. The average molecular weight is 343 g/mol. The van der Waals surface area contributed by atoms with Gasteiger partial charge in [0.2, 0.25) is 0 Å². The lowest BCUT2D eigenvalue weighted by Gasteiger charge is -2.10. The third-order valence-corrected chi connectivity index (χ3v) is 3.40. The second-order valence-electron chi connectivity index (χ2n) is 5.10. The number of benzene rings is 1. The van der Waals surface area contributed by atoms with E-state index in [1.54, 1.807) is 19.2 Å². The largest absolute Gasteiger partial charge is 0.484 e. The van der Waals surface area contributed by atoms with Crippen LogP contribution in [0.5, 0.6) is 5.75 Å². The first kappa shape index (κ1) is 16.4. The third-order valence-electron chi connectivity index (χ3n) is 3.40. The van der Waals surface area contributed by atoms with Crippen molar-refractivity contribution in [1.29, 1.82) is 0 Å². The number of halogens is 1. The van der Waals surface area contributed by atoms with E-state index < -0.39 is 17.6 Å². The van der Waals surface area contributed by atoms with E-state index in [1.165, 1.54) is 35.0 Å². The number of nitrogens with one attached hydrogen (secondary N) is 2. The number of hydrazine groups is 1. The molecule has 0 saturated heterocycles. The number of rotatable bonds is 4. The van der Waals surface area contributed by atoms with Crippen molar-refractivity contribution < 1.29 is 18.7 Å². The molecule has 9 heteroatoms. The summed E-state index contributed by atoms with van der Waals surface area (Å²) in [5.74, 6) is -1.16. The Morgan fingerprint density at radius 1 is 1.20 bits per heavy atom. The lowest BCUT2D eigenvalue weighted by atomic mass is 10.2. The molecule has 0 aliphatic heterocycles. The highest BCUT2D eigenvalue weighted by atomic mass is 19.1. The number of carbonyl (C=O) groups excluding carboxylic acids is 2. The monoisotopic (exact) mass is 343 g/mol. The topological polar surface area (TPSA) is 97.6 Å². The van der Waals surface area contributed by atoms with Crippen molar-refractivity contribution >= 4 is 17.5 Å². The Morgan fingerprint density at radius 2 is 1.96 bits per heavy atom. The van der Waals surface area contributed by atoms with E-state index in [9.17, 15) is 14.0 Å². The lowest BCUT2D eigenvalue weighted by Crippen LogP contribution is -2.44. The summed E-state index contributed by atoms with van der Waals surface area (Å²) in [7, 11) is 0. The first-order valence-corrected chi connectivity index (χ1v) is 7.31. The van der Waals surface area contributed by atoms with Crippen LogP contribution in [0.15, 0.2) is 42.7 Å². The zero-order chi connectivity index (χ0) is 17.8. The van der Waals surface area contributed by atoms with Gasteiger partial charge in [0.1, 0.15) is 11.6 Å². The summed E-state index contributed by atoms with van der Waals surface area (Å²) >= 11 is 0. The van der Waals surface area contributed by atoms with E-state index in [1.807, 2.05) is 0 Å². The predicted molar refractivity (Wildman–Crippen MR) is 85.2 cm³/mol. The number of aryl methyl sites for hydroxylation is 1. The van der Waals surface area contributed by atoms with Gasteiger partial charge in [-0.1, -0.05) is 0 Å². The summed E-state index contributed by atoms with van der Waals surface area (Å²) < 4.78 is 19.5. The zero-order valence-electron chi connectivity index (χ0n) is 13.2. The Balaban J connectivity index is 1.55. The molecule has 0 unspecified atom stereocenters. The van der Waals surface area contributed by atoms with Crippen LogP contribution in [0.4, 0.5) is 4.39 Å². The number of hydrogen-bond donors (Lipinski definition) is 2. The molecule has 0 aliphatic rings. The molecule has 3 aromatic rings. The molecule has 0 radical (unpaired) electrons. The van der Waals surface area contributed by atoms with E-state index in [4.69, 9.17) is 4.74 Å². The van der Waals surface area contributed by atoms with Gasteiger partial charge in [-0.25, -0.2) is 13.9 Å². The van der Waals surface area contributed by atoms with Crippen LogP contribution in [0.25, 0.3) is 5.65 Å². The SMILES string of the molecule is Cc1c(C(=O)NNC(=O)COc2ccc(F)cc2)cnc2ccnn12. The fraction of sp³-hybridized carbons (Fsp3) is 0.125. The minimum atomic E-state index is -0.566. The molecule has 2 N–H and O–H groups in total. The molecule has 2 amide bonds. The second kappa shape index (κ2) is 6.95. The van der Waals surface area contributed by atoms with Crippen LogP contribution in [-0.2, 0) is 4.79 Å². The van der Waals surface area contributed by atoms with Crippen LogP contribution in [0.1, 0.15) is 16.1 Å². The zero-order valence-corrected chi connectivity index (χ0v) is 13.2. The van der Waals surface area contributed by atoms with E-state index in [0.29, 0.717) is 17.1 Å². The van der Waals surface area contributed by atoms with E-state index >= 15 is 0 Å². The van der Waals surface area contributed by atoms with Gasteiger partial charge in [-0.05, 0) is 31.2 Å². The summed E-state index contributed by atoms with van der Waals surface area (Å²) in [6, 6.07) is 6.95. The molecule has 1 aromatic carbocycles. The molecule has 8 nitrogen and oxygen atoms in total. The highest BCUT2D eigenvalue weighted by Gasteiger charge is 2.14. The van der Waals surface area contributed by atoms with Crippen molar-refractivity contribution in [2.45, 2.75) is 6.92 Å². The van der Waals surface area contributed by atoms with Gasteiger partial charge < -0.3 is 4.74 Å².